The Bertz CT molecular complexity index is 804. The number of carbonyl (C=O) groups excluding carboxylic acids is 1. The second kappa shape index (κ2) is 5.99. The molecule has 2 aromatic carbocycles. The average Bonchev–Trinajstić information content (AvgIpc) is 2.89. The van der Waals surface area contributed by atoms with Gasteiger partial charge in [0, 0.05) is 0 Å². The molecule has 0 unspecified atom stereocenters. The van der Waals surface area contributed by atoms with Gasteiger partial charge in [-0.15, -0.1) is 0 Å². The van der Waals surface area contributed by atoms with Crippen molar-refractivity contribution in [3.8, 4) is 11.5 Å². The van der Waals surface area contributed by atoms with Gasteiger partial charge in [0.1, 0.15) is 5.82 Å². The van der Waals surface area contributed by atoms with Gasteiger partial charge in [0.05, 0.1) is 10.7 Å². The van der Waals surface area contributed by atoms with Gasteiger partial charge in [-0.05, 0) is 30.3 Å². The van der Waals surface area contributed by atoms with Crippen LogP contribution in [0.15, 0.2) is 42.5 Å². The summed E-state index contributed by atoms with van der Waals surface area (Å²) in [6, 6.07) is 7.11. The van der Waals surface area contributed by atoms with E-state index in [0.29, 0.717) is 0 Å². The quantitative estimate of drug-likeness (QED) is 0.769. The standard InChI is InChI=1S/C15H9ClF4N2O3/c16-9-7-8(17)5-6-10(9)21-13(23)22-15(14(18,19)20)24-11-3-1-2-4-12(11)25-15/h1-7H,(H2,21,22,23). The third-order valence-corrected chi connectivity index (χ3v) is 3.50. The van der Waals surface area contributed by atoms with Crippen LogP contribution in [0.3, 0.4) is 0 Å². The van der Waals surface area contributed by atoms with Crippen LogP contribution in [0.1, 0.15) is 0 Å². The van der Waals surface area contributed by atoms with Crippen molar-refractivity contribution in [3.05, 3.63) is 53.3 Å². The molecule has 0 bridgehead atoms. The van der Waals surface area contributed by atoms with Crippen molar-refractivity contribution in [3.63, 3.8) is 0 Å². The van der Waals surface area contributed by atoms with Crippen molar-refractivity contribution in [2.45, 2.75) is 12.1 Å². The van der Waals surface area contributed by atoms with E-state index in [4.69, 9.17) is 21.1 Å². The summed E-state index contributed by atoms with van der Waals surface area (Å²) in [4.78, 5) is 12.0. The van der Waals surface area contributed by atoms with Crippen molar-refractivity contribution in [1.29, 1.82) is 0 Å². The normalized spacial score (nSPS) is 14.9. The van der Waals surface area contributed by atoms with Crippen molar-refractivity contribution < 1.29 is 31.8 Å². The molecule has 0 radical (unpaired) electrons. The van der Waals surface area contributed by atoms with Gasteiger partial charge in [0.25, 0.3) is 0 Å². The molecule has 10 heteroatoms. The van der Waals surface area contributed by atoms with Crippen LogP contribution in [-0.2, 0) is 0 Å². The number of fused-ring (bicyclic) bond motifs is 1. The Hall–Kier alpha value is -2.68. The van der Waals surface area contributed by atoms with Crippen LogP contribution in [0.25, 0.3) is 0 Å². The van der Waals surface area contributed by atoms with Crippen LogP contribution >= 0.6 is 11.6 Å². The first-order valence-corrected chi connectivity index (χ1v) is 7.16. The van der Waals surface area contributed by atoms with Gasteiger partial charge in [-0.25, -0.2) is 9.18 Å². The monoisotopic (exact) mass is 376 g/mol. The minimum atomic E-state index is -5.09. The molecule has 0 saturated carbocycles. The van der Waals surface area contributed by atoms with Crippen molar-refractivity contribution in [2.24, 2.45) is 0 Å². The zero-order valence-corrected chi connectivity index (χ0v) is 12.9. The molecule has 1 heterocycles. The van der Waals surface area contributed by atoms with Gasteiger partial charge in [-0.2, -0.15) is 13.2 Å². The Kier molecular flexibility index (Phi) is 4.11. The van der Waals surface area contributed by atoms with Gasteiger partial charge in [0.2, 0.25) is 0 Å². The Morgan fingerprint density at radius 1 is 1.08 bits per heavy atom. The summed E-state index contributed by atoms with van der Waals surface area (Å²) in [7, 11) is 0. The van der Waals surface area contributed by atoms with E-state index in [2.05, 4.69) is 5.32 Å². The Balaban J connectivity index is 1.82. The minimum absolute atomic E-state index is 0.0894. The highest BCUT2D eigenvalue weighted by Crippen LogP contribution is 2.44. The smallest absolute Gasteiger partial charge is 0.424 e. The van der Waals surface area contributed by atoms with E-state index in [1.807, 2.05) is 0 Å². The number of para-hydroxylation sites is 2. The van der Waals surface area contributed by atoms with Crippen LogP contribution in [0, 0.1) is 5.82 Å². The molecule has 5 nitrogen and oxygen atoms in total. The van der Waals surface area contributed by atoms with Crippen molar-refractivity contribution in [1.82, 2.24) is 5.32 Å². The summed E-state index contributed by atoms with van der Waals surface area (Å²) >= 11 is 5.72. The van der Waals surface area contributed by atoms with E-state index in [0.717, 1.165) is 18.2 Å². The maximum Gasteiger partial charge on any atom is 0.492 e. The zero-order valence-electron chi connectivity index (χ0n) is 12.2. The molecular formula is C15H9ClF4N2O3. The molecule has 0 aromatic heterocycles. The van der Waals surface area contributed by atoms with Crippen LogP contribution in [0.2, 0.25) is 5.02 Å². The number of anilines is 1. The summed E-state index contributed by atoms with van der Waals surface area (Å²) in [5.41, 5.74) is -0.0894. The Morgan fingerprint density at radius 2 is 1.68 bits per heavy atom. The molecule has 3 rings (SSSR count). The molecule has 2 amide bonds. The lowest BCUT2D eigenvalue weighted by Crippen LogP contribution is -2.65. The number of nitrogens with one attached hydrogen (secondary N) is 2. The minimum Gasteiger partial charge on any atom is -0.424 e. The molecule has 132 valence electrons. The lowest BCUT2D eigenvalue weighted by molar-refractivity contribution is -0.317. The first-order valence-electron chi connectivity index (χ1n) is 6.78. The molecule has 0 aliphatic carbocycles. The third kappa shape index (κ3) is 3.27. The number of ether oxygens (including phenoxy) is 2. The fraction of sp³-hybridized carbons (Fsp3) is 0.133. The SMILES string of the molecule is O=C(Nc1ccc(F)cc1Cl)NC1(C(F)(F)F)Oc2ccccc2O1. The number of benzene rings is 2. The largest absolute Gasteiger partial charge is 0.492 e. The average molecular weight is 377 g/mol. The van der Waals surface area contributed by atoms with E-state index >= 15 is 0 Å². The lowest BCUT2D eigenvalue weighted by atomic mass is 10.3. The van der Waals surface area contributed by atoms with Gasteiger partial charge in [-0.1, -0.05) is 23.7 Å². The predicted octanol–water partition coefficient (Wildman–Crippen LogP) is 4.29. The summed E-state index contributed by atoms with van der Waals surface area (Å²) in [5.74, 6) is -4.42. The number of alkyl halides is 3. The summed E-state index contributed by atoms with van der Waals surface area (Å²) in [6.07, 6.45) is -5.09. The molecular weight excluding hydrogens is 368 g/mol. The second-order valence-electron chi connectivity index (χ2n) is 4.97. The summed E-state index contributed by atoms with van der Waals surface area (Å²) in [5, 5.41) is 3.49. The van der Waals surface area contributed by atoms with Crippen LogP contribution in [0.5, 0.6) is 11.5 Å². The van der Waals surface area contributed by atoms with Crippen LogP contribution in [-0.4, -0.2) is 18.1 Å². The summed E-state index contributed by atoms with van der Waals surface area (Å²) in [6.45, 7) is 0. The molecule has 1 aliphatic rings. The zero-order chi connectivity index (χ0) is 18.2. The van der Waals surface area contributed by atoms with E-state index in [1.54, 1.807) is 5.32 Å². The Labute approximate surface area is 143 Å². The van der Waals surface area contributed by atoms with Gasteiger partial charge >= 0.3 is 18.1 Å². The molecule has 1 aliphatic heterocycles. The number of urea groups is 1. The van der Waals surface area contributed by atoms with Gasteiger partial charge < -0.3 is 14.8 Å². The van der Waals surface area contributed by atoms with E-state index < -0.39 is 23.9 Å². The number of hydrogen-bond acceptors (Lipinski definition) is 3. The van der Waals surface area contributed by atoms with Gasteiger partial charge in [-0.3, -0.25) is 5.32 Å². The summed E-state index contributed by atoms with van der Waals surface area (Å²) < 4.78 is 62.9. The maximum atomic E-state index is 13.4. The first kappa shape index (κ1) is 17.2. The van der Waals surface area contributed by atoms with Crippen LogP contribution < -0.4 is 20.1 Å². The predicted molar refractivity (Wildman–Crippen MR) is 80.0 cm³/mol. The highest BCUT2D eigenvalue weighted by atomic mass is 35.5. The molecule has 2 aromatic rings. The fourth-order valence-corrected chi connectivity index (χ4v) is 2.30. The van der Waals surface area contributed by atoms with Crippen molar-refractivity contribution >= 4 is 23.3 Å². The van der Waals surface area contributed by atoms with E-state index in [1.165, 1.54) is 24.3 Å². The van der Waals surface area contributed by atoms with E-state index in [9.17, 15) is 22.4 Å². The molecule has 0 fully saturated rings. The number of hydrogen-bond donors (Lipinski definition) is 2. The van der Waals surface area contributed by atoms with Gasteiger partial charge in [0.15, 0.2) is 11.5 Å². The number of amides is 2. The molecule has 0 spiro atoms. The topological polar surface area (TPSA) is 59.6 Å². The molecule has 2 N–H and O–H groups in total. The fourth-order valence-electron chi connectivity index (χ4n) is 2.08. The van der Waals surface area contributed by atoms with E-state index in [-0.39, 0.29) is 22.2 Å². The number of rotatable bonds is 2. The first-order chi connectivity index (χ1) is 11.7. The lowest BCUT2D eigenvalue weighted by Gasteiger charge is -2.29. The highest BCUT2D eigenvalue weighted by molar-refractivity contribution is 6.33. The van der Waals surface area contributed by atoms with Crippen molar-refractivity contribution in [2.75, 3.05) is 5.32 Å². The number of halogens is 5. The third-order valence-electron chi connectivity index (χ3n) is 3.19. The molecule has 0 atom stereocenters. The number of carbonyl (C=O) groups is 1. The maximum absolute atomic E-state index is 13.4. The Morgan fingerprint density at radius 3 is 2.20 bits per heavy atom. The second-order valence-corrected chi connectivity index (χ2v) is 5.38. The highest BCUT2D eigenvalue weighted by Gasteiger charge is 2.65. The van der Waals surface area contributed by atoms with Crippen LogP contribution in [0.4, 0.5) is 28.0 Å². The molecule has 0 saturated heterocycles. The molecule has 25 heavy (non-hydrogen) atoms.